The molecule has 0 fully saturated rings. The Labute approximate surface area is 307 Å². The Bertz CT molecular complexity index is 1140. The Morgan fingerprint density at radius 3 is 2.23 bits per heavy atom. The summed E-state index contributed by atoms with van der Waals surface area (Å²) in [5, 5.41) is 34.2. The van der Waals surface area contributed by atoms with Gasteiger partial charge in [0.25, 0.3) is 0 Å². The minimum Gasteiger partial charge on any atom is -0.480 e. The second-order valence-corrected chi connectivity index (χ2v) is 12.8. The zero-order valence-electron chi connectivity index (χ0n) is 31.5. The van der Waals surface area contributed by atoms with Crippen molar-refractivity contribution in [2.75, 3.05) is 72.2 Å². The molecule has 8 N–H and O–H groups in total. The van der Waals surface area contributed by atoms with Crippen LogP contribution in [-0.2, 0) is 33.4 Å². The molecule has 0 aromatic heterocycles. The molecule has 19 heteroatoms. The number of rotatable bonds is 31. The Morgan fingerprint density at radius 1 is 0.885 bits per heavy atom. The quantitative estimate of drug-likeness (QED) is 0.0192. The van der Waals surface area contributed by atoms with Gasteiger partial charge in [0.15, 0.2) is 0 Å². The van der Waals surface area contributed by atoms with E-state index in [2.05, 4.69) is 36.9 Å². The van der Waals surface area contributed by atoms with E-state index in [1.54, 1.807) is 26.9 Å². The van der Waals surface area contributed by atoms with Gasteiger partial charge < -0.3 is 20.8 Å². The first-order valence-electron chi connectivity index (χ1n) is 17.8. The van der Waals surface area contributed by atoms with Crippen LogP contribution in [0.5, 0.6) is 0 Å². The number of nitrogens with one attached hydrogen (secondary N) is 6. The van der Waals surface area contributed by atoms with E-state index in [9.17, 15) is 33.9 Å². The van der Waals surface area contributed by atoms with E-state index >= 15 is 0 Å². The van der Waals surface area contributed by atoms with Crippen molar-refractivity contribution < 1.29 is 48.5 Å². The van der Waals surface area contributed by atoms with Crippen LogP contribution in [0.1, 0.15) is 66.7 Å². The van der Waals surface area contributed by atoms with Gasteiger partial charge in [0.05, 0.1) is 6.34 Å². The van der Waals surface area contributed by atoms with Crippen LogP contribution in [0.2, 0.25) is 6.32 Å². The molecule has 0 saturated heterocycles. The summed E-state index contributed by atoms with van der Waals surface area (Å²) >= 11 is 0. The molecule has 0 bridgehead atoms. The molecule has 0 radical (unpaired) electrons. The monoisotopic (exact) mass is 740 g/mol. The number of aliphatic carboxylic acids is 1. The molecule has 296 valence electrons. The van der Waals surface area contributed by atoms with Crippen molar-refractivity contribution in [3.63, 3.8) is 0 Å². The molecule has 18 nitrogen and oxygen atoms in total. The standard InChI is InChI=1S/C33H61BN8O10/c1-6-37-27(43)21-42(22-28(44)41-25(2)3)29(45)10-15-35-23-34-12-7-17-51-19-20-52-18-16-38-31(48)33(4,5)11-9-26(30(46)47)40-24-36-13-8-14-39-32(49)50/h23-26,35,39H,6-22H2,1-5H3,(H,36,40)(H,37,43)(H,38,48)(H,41,44)(H,46,47)(H,49,50). The topological polar surface area (TPSA) is 249 Å². The van der Waals surface area contributed by atoms with Gasteiger partial charge >= 0.3 is 214 Å². The zero-order chi connectivity index (χ0) is 39.2. The minimum atomic E-state index is -1.11. The van der Waals surface area contributed by atoms with E-state index in [-0.39, 0.29) is 62.1 Å². The van der Waals surface area contributed by atoms with Crippen LogP contribution in [0, 0.1) is 5.41 Å². The summed E-state index contributed by atoms with van der Waals surface area (Å²) in [5.41, 5.74) is -0.805. The third-order valence-corrected chi connectivity index (χ3v) is 7.21. The number of carboxylic acid groups (broad SMARTS) is 2. The molecular weight excluding hydrogens is 679 g/mol. The van der Waals surface area contributed by atoms with Crippen LogP contribution >= 0.6 is 0 Å². The van der Waals surface area contributed by atoms with Gasteiger partial charge in [0.2, 0.25) is 0 Å². The summed E-state index contributed by atoms with van der Waals surface area (Å²) in [6.45, 7) is 13.8. The summed E-state index contributed by atoms with van der Waals surface area (Å²) in [6, 6.07) is -0.994. The van der Waals surface area contributed by atoms with E-state index in [1.165, 1.54) is 11.2 Å². The maximum atomic E-state index is 12.7. The predicted molar refractivity (Wildman–Crippen MR) is 199 cm³/mol. The van der Waals surface area contributed by atoms with Gasteiger partial charge in [0.1, 0.15) is 6.04 Å². The van der Waals surface area contributed by atoms with E-state index in [0.29, 0.717) is 65.4 Å². The predicted octanol–water partition coefficient (Wildman–Crippen LogP) is -0.588. The average molecular weight is 741 g/mol. The Kier molecular flexibility index (Phi) is 26.9. The number of aliphatic imine (C=N–C) groups is 1. The number of amides is 5. The van der Waals surface area contributed by atoms with E-state index in [4.69, 9.17) is 14.6 Å². The number of ether oxygens (including phenoxy) is 2. The molecule has 1 unspecified atom stereocenters. The number of hydrogen-bond donors (Lipinski definition) is 8. The number of nitrogens with zero attached hydrogens (tertiary/aromatic N) is 2. The smallest absolute Gasteiger partial charge is 0.480 e. The summed E-state index contributed by atoms with van der Waals surface area (Å²) in [4.78, 5) is 76.8. The fourth-order valence-corrected chi connectivity index (χ4v) is 4.36. The van der Waals surface area contributed by atoms with Gasteiger partial charge in [0, 0.05) is 13.1 Å². The van der Waals surface area contributed by atoms with Crippen LogP contribution in [0.3, 0.4) is 0 Å². The van der Waals surface area contributed by atoms with Crippen molar-refractivity contribution >= 4 is 55.0 Å². The van der Waals surface area contributed by atoms with Gasteiger partial charge in [-0.15, -0.1) is 0 Å². The minimum absolute atomic E-state index is 0.0709. The van der Waals surface area contributed by atoms with Crippen molar-refractivity contribution in [2.45, 2.75) is 85.1 Å². The molecule has 1 atom stereocenters. The number of carboxylic acids is 1. The van der Waals surface area contributed by atoms with E-state index in [0.717, 1.165) is 12.7 Å². The Morgan fingerprint density at radius 2 is 1.58 bits per heavy atom. The van der Waals surface area contributed by atoms with Crippen molar-refractivity contribution in [1.82, 2.24) is 36.8 Å². The maximum absolute atomic E-state index is 12.7. The van der Waals surface area contributed by atoms with Gasteiger partial charge in [-0.05, 0) is 19.3 Å². The summed E-state index contributed by atoms with van der Waals surface area (Å²) < 4.78 is 11.1. The Hall–Kier alpha value is -4.26. The van der Waals surface area contributed by atoms with E-state index in [1.807, 2.05) is 20.8 Å². The molecule has 5 amide bonds. The number of likely N-dealkylation sites (N-methyl/N-ethyl adjacent to an activating group) is 1. The van der Waals surface area contributed by atoms with Gasteiger partial charge in [-0.1, -0.05) is 13.8 Å². The molecule has 0 saturated carbocycles. The zero-order valence-corrected chi connectivity index (χ0v) is 31.5. The normalized spacial score (nSPS) is 11.9. The fourth-order valence-electron chi connectivity index (χ4n) is 4.36. The molecule has 0 aliphatic carbocycles. The van der Waals surface area contributed by atoms with Gasteiger partial charge in [-0.25, -0.2) is 9.59 Å². The van der Waals surface area contributed by atoms with E-state index < -0.39 is 23.5 Å². The Balaban J connectivity index is 4.09. The SMILES string of the molecule is CCNC(=O)CN(CC(=O)NC(C)C)C(=O)CCNC=BCCCOCCOCCNC(=O)C(C)(C)CCC(NC=NCCCNC(=O)O)C(=O)O. The van der Waals surface area contributed by atoms with Crippen molar-refractivity contribution in [3.8, 4) is 0 Å². The molecule has 0 heterocycles. The molecular formula is C33H61BN8O10. The van der Waals surface area contributed by atoms with Gasteiger partial charge in [-0.3, -0.25) is 4.99 Å². The number of hydrogen-bond acceptors (Lipinski definition) is 10. The second-order valence-electron chi connectivity index (χ2n) is 12.8. The summed E-state index contributed by atoms with van der Waals surface area (Å²) in [6.07, 6.45) is 4.61. The first kappa shape index (κ1) is 47.7. The number of carbonyl (C=O) groups excluding carboxylic acids is 4. The second kappa shape index (κ2) is 29.3. The first-order valence-corrected chi connectivity index (χ1v) is 17.8. The average Bonchev–Trinajstić information content (AvgIpc) is 3.06. The van der Waals surface area contributed by atoms with Crippen LogP contribution in [0.25, 0.3) is 0 Å². The van der Waals surface area contributed by atoms with Crippen molar-refractivity contribution in [2.24, 2.45) is 10.4 Å². The van der Waals surface area contributed by atoms with Crippen molar-refractivity contribution in [3.05, 3.63) is 0 Å². The molecule has 0 rings (SSSR count). The summed E-state index contributed by atoms with van der Waals surface area (Å²) in [5.74, 6) is -2.21. The van der Waals surface area contributed by atoms with Crippen LogP contribution in [-0.4, -0.2) is 154 Å². The van der Waals surface area contributed by atoms with Gasteiger partial charge in [-0.2, -0.15) is 0 Å². The third kappa shape index (κ3) is 26.5. The molecule has 0 aromatic rings. The molecule has 0 aromatic carbocycles. The number of carbonyl (C=O) groups is 6. The fraction of sp³-hybridized carbons (Fsp3) is 0.758. The molecule has 0 aliphatic heterocycles. The molecule has 52 heavy (non-hydrogen) atoms. The van der Waals surface area contributed by atoms with Crippen LogP contribution < -0.4 is 31.9 Å². The van der Waals surface area contributed by atoms with Crippen LogP contribution in [0.4, 0.5) is 4.79 Å². The van der Waals surface area contributed by atoms with Crippen LogP contribution in [0.15, 0.2) is 4.99 Å². The summed E-state index contributed by atoms with van der Waals surface area (Å²) in [7, 11) is 0. The van der Waals surface area contributed by atoms with Crippen molar-refractivity contribution in [1.29, 1.82) is 0 Å². The first-order chi connectivity index (χ1) is 24.7. The molecule has 0 aliphatic rings. The third-order valence-electron chi connectivity index (χ3n) is 7.21. The molecule has 0 spiro atoms.